The Morgan fingerprint density at radius 3 is 2.71 bits per heavy atom. The molecule has 144 valence electrons. The van der Waals surface area contributed by atoms with Crippen molar-refractivity contribution < 1.29 is 18.7 Å². The summed E-state index contributed by atoms with van der Waals surface area (Å²) < 4.78 is 11.0. The highest BCUT2D eigenvalue weighted by Crippen LogP contribution is 2.30. The zero-order chi connectivity index (χ0) is 20.1. The molecule has 2 aromatic heterocycles. The second-order valence-electron chi connectivity index (χ2n) is 6.34. The predicted octanol–water partition coefficient (Wildman–Crippen LogP) is 3.79. The van der Waals surface area contributed by atoms with Crippen molar-refractivity contribution in [2.75, 3.05) is 18.9 Å². The molecule has 2 heterocycles. The standard InChI is InChI=1S/C21H21N3O4/c1-14-7-4-9-17(15(14)2)28-20-16(8-5-11-22-20)23-19(25)13-24(3)21(26)18-10-6-12-27-18/h4-12H,13H2,1-3H3,(H,23,25). The maximum atomic E-state index is 12.4. The quantitative estimate of drug-likeness (QED) is 0.704. The Morgan fingerprint density at radius 2 is 1.96 bits per heavy atom. The number of aryl methyl sites for hydroxylation is 1. The average Bonchev–Trinajstić information content (AvgIpc) is 3.21. The molecule has 1 aromatic carbocycles. The minimum absolute atomic E-state index is 0.142. The van der Waals surface area contributed by atoms with Gasteiger partial charge in [0.2, 0.25) is 11.8 Å². The van der Waals surface area contributed by atoms with E-state index in [1.807, 2.05) is 32.0 Å². The number of hydrogen-bond donors (Lipinski definition) is 1. The summed E-state index contributed by atoms with van der Waals surface area (Å²) in [5.41, 5.74) is 2.51. The number of nitrogens with zero attached hydrogens (tertiary/aromatic N) is 2. The van der Waals surface area contributed by atoms with E-state index < -0.39 is 0 Å². The maximum Gasteiger partial charge on any atom is 0.289 e. The van der Waals surface area contributed by atoms with Gasteiger partial charge in [-0.25, -0.2) is 4.98 Å². The molecule has 0 radical (unpaired) electrons. The van der Waals surface area contributed by atoms with Crippen LogP contribution in [0, 0.1) is 13.8 Å². The van der Waals surface area contributed by atoms with Crippen molar-refractivity contribution in [3.63, 3.8) is 0 Å². The Balaban J connectivity index is 1.70. The highest BCUT2D eigenvalue weighted by molar-refractivity contribution is 5.98. The van der Waals surface area contributed by atoms with Crippen molar-refractivity contribution >= 4 is 17.5 Å². The smallest absolute Gasteiger partial charge is 0.289 e. The van der Waals surface area contributed by atoms with E-state index in [0.717, 1.165) is 11.1 Å². The highest BCUT2D eigenvalue weighted by Gasteiger charge is 2.18. The molecule has 0 bridgehead atoms. The lowest BCUT2D eigenvalue weighted by Gasteiger charge is -2.17. The van der Waals surface area contributed by atoms with Crippen molar-refractivity contribution in [1.82, 2.24) is 9.88 Å². The number of pyridine rings is 1. The molecule has 1 N–H and O–H groups in total. The van der Waals surface area contributed by atoms with E-state index in [1.165, 1.54) is 18.2 Å². The van der Waals surface area contributed by atoms with Gasteiger partial charge in [0, 0.05) is 13.2 Å². The van der Waals surface area contributed by atoms with Crippen LogP contribution in [0.2, 0.25) is 0 Å². The molecule has 3 aromatic rings. The largest absolute Gasteiger partial charge is 0.459 e. The number of benzene rings is 1. The molecule has 3 rings (SSSR count). The van der Waals surface area contributed by atoms with Crippen molar-refractivity contribution in [1.29, 1.82) is 0 Å². The fourth-order valence-electron chi connectivity index (χ4n) is 2.57. The van der Waals surface area contributed by atoms with Crippen LogP contribution in [0.4, 0.5) is 5.69 Å². The molecular weight excluding hydrogens is 358 g/mol. The molecule has 0 saturated heterocycles. The molecule has 0 atom stereocenters. The van der Waals surface area contributed by atoms with E-state index in [1.54, 1.807) is 30.5 Å². The molecule has 0 aliphatic carbocycles. The fourth-order valence-corrected chi connectivity index (χ4v) is 2.57. The van der Waals surface area contributed by atoms with E-state index in [2.05, 4.69) is 10.3 Å². The Kier molecular flexibility index (Phi) is 5.74. The van der Waals surface area contributed by atoms with Gasteiger partial charge >= 0.3 is 0 Å². The molecule has 7 heteroatoms. The molecule has 2 amide bonds. The van der Waals surface area contributed by atoms with Crippen LogP contribution in [-0.2, 0) is 4.79 Å². The van der Waals surface area contributed by atoms with Gasteiger partial charge in [0.25, 0.3) is 5.91 Å². The Hall–Kier alpha value is -3.61. The normalized spacial score (nSPS) is 10.4. The highest BCUT2D eigenvalue weighted by atomic mass is 16.5. The summed E-state index contributed by atoms with van der Waals surface area (Å²) in [7, 11) is 1.53. The van der Waals surface area contributed by atoms with E-state index in [-0.39, 0.29) is 30.0 Å². The van der Waals surface area contributed by atoms with E-state index >= 15 is 0 Å². The van der Waals surface area contributed by atoms with Gasteiger partial charge in [-0.1, -0.05) is 12.1 Å². The van der Waals surface area contributed by atoms with Crippen LogP contribution in [0.5, 0.6) is 11.6 Å². The summed E-state index contributed by atoms with van der Waals surface area (Å²) in [6, 6.07) is 12.3. The van der Waals surface area contributed by atoms with E-state index in [0.29, 0.717) is 11.4 Å². The van der Waals surface area contributed by atoms with Crippen molar-refractivity contribution in [3.8, 4) is 11.6 Å². The zero-order valence-electron chi connectivity index (χ0n) is 15.9. The Labute approximate surface area is 162 Å². The van der Waals surface area contributed by atoms with Gasteiger partial charge in [0.1, 0.15) is 11.4 Å². The van der Waals surface area contributed by atoms with Crippen molar-refractivity contribution in [3.05, 3.63) is 71.8 Å². The number of hydrogen-bond acceptors (Lipinski definition) is 5. The Bertz CT molecular complexity index is 983. The van der Waals surface area contributed by atoms with Crippen LogP contribution < -0.4 is 10.1 Å². The van der Waals surface area contributed by atoms with Crippen LogP contribution in [0.1, 0.15) is 21.7 Å². The second kappa shape index (κ2) is 8.39. The van der Waals surface area contributed by atoms with Gasteiger partial charge in [-0.3, -0.25) is 9.59 Å². The number of rotatable bonds is 6. The first kappa shape index (κ1) is 19.2. The number of anilines is 1. The summed E-state index contributed by atoms with van der Waals surface area (Å²) in [6.07, 6.45) is 3.00. The third-order valence-electron chi connectivity index (χ3n) is 4.27. The number of amides is 2. The topological polar surface area (TPSA) is 84.7 Å². The first-order chi connectivity index (χ1) is 13.5. The van der Waals surface area contributed by atoms with Crippen molar-refractivity contribution in [2.24, 2.45) is 0 Å². The molecule has 0 fully saturated rings. The third kappa shape index (κ3) is 4.37. The van der Waals surface area contributed by atoms with Crippen LogP contribution in [0.25, 0.3) is 0 Å². The molecule has 7 nitrogen and oxygen atoms in total. The number of nitrogens with one attached hydrogen (secondary N) is 1. The second-order valence-corrected chi connectivity index (χ2v) is 6.34. The minimum atomic E-state index is -0.377. The van der Waals surface area contributed by atoms with Gasteiger partial charge in [-0.2, -0.15) is 0 Å². The van der Waals surface area contributed by atoms with Gasteiger partial charge in [0.15, 0.2) is 5.76 Å². The fraction of sp³-hybridized carbons (Fsp3) is 0.190. The lowest BCUT2D eigenvalue weighted by molar-refractivity contribution is -0.116. The van der Waals surface area contributed by atoms with Crippen LogP contribution >= 0.6 is 0 Å². The number of likely N-dealkylation sites (N-methyl/N-ethyl adjacent to an activating group) is 1. The predicted molar refractivity (Wildman–Crippen MR) is 105 cm³/mol. The molecule has 0 aliphatic heterocycles. The minimum Gasteiger partial charge on any atom is -0.459 e. The van der Waals surface area contributed by atoms with Gasteiger partial charge < -0.3 is 19.4 Å². The van der Waals surface area contributed by atoms with Crippen LogP contribution in [-0.4, -0.2) is 35.3 Å². The van der Waals surface area contributed by atoms with Crippen LogP contribution in [0.3, 0.4) is 0 Å². The number of carbonyl (C=O) groups excluding carboxylic acids is 2. The number of carbonyl (C=O) groups is 2. The summed E-state index contributed by atoms with van der Waals surface area (Å²) in [4.78, 5) is 30.1. The van der Waals surface area contributed by atoms with Gasteiger partial charge in [0.05, 0.1) is 12.8 Å². The first-order valence-corrected chi connectivity index (χ1v) is 8.73. The maximum absolute atomic E-state index is 12.4. The Morgan fingerprint density at radius 1 is 1.14 bits per heavy atom. The zero-order valence-corrected chi connectivity index (χ0v) is 15.9. The van der Waals surface area contributed by atoms with Gasteiger partial charge in [-0.05, 0) is 55.3 Å². The first-order valence-electron chi connectivity index (χ1n) is 8.73. The van der Waals surface area contributed by atoms with E-state index in [9.17, 15) is 9.59 Å². The number of aromatic nitrogens is 1. The van der Waals surface area contributed by atoms with Gasteiger partial charge in [-0.15, -0.1) is 0 Å². The average molecular weight is 379 g/mol. The lowest BCUT2D eigenvalue weighted by atomic mass is 10.1. The molecule has 0 aliphatic rings. The van der Waals surface area contributed by atoms with Crippen molar-refractivity contribution in [2.45, 2.75) is 13.8 Å². The lowest BCUT2D eigenvalue weighted by Crippen LogP contribution is -2.34. The van der Waals surface area contributed by atoms with Crippen LogP contribution in [0.15, 0.2) is 59.3 Å². The number of ether oxygens (including phenoxy) is 1. The summed E-state index contributed by atoms with van der Waals surface area (Å²) in [5, 5.41) is 2.74. The monoisotopic (exact) mass is 379 g/mol. The van der Waals surface area contributed by atoms with E-state index in [4.69, 9.17) is 9.15 Å². The molecule has 0 spiro atoms. The summed E-state index contributed by atoms with van der Waals surface area (Å²) in [6.45, 7) is 3.81. The number of furan rings is 1. The molecular formula is C21H21N3O4. The molecule has 0 unspecified atom stereocenters. The third-order valence-corrected chi connectivity index (χ3v) is 4.27. The summed E-state index contributed by atoms with van der Waals surface area (Å²) in [5.74, 6) is 0.374. The molecule has 0 saturated carbocycles. The SMILES string of the molecule is Cc1cccc(Oc2ncccc2NC(=O)CN(C)C(=O)c2ccco2)c1C. The summed E-state index contributed by atoms with van der Waals surface area (Å²) >= 11 is 0. The molecule has 28 heavy (non-hydrogen) atoms.